The largest absolute Gasteiger partial charge is 0.465 e. The quantitative estimate of drug-likeness (QED) is 0.437. The zero-order valence-electron chi connectivity index (χ0n) is 18.9. The van der Waals surface area contributed by atoms with Gasteiger partial charge in [-0.25, -0.2) is 13.5 Å². The number of nitrogens with zero attached hydrogens (tertiary/aromatic N) is 4. The SMILES string of the molecule is CCOC(=O)Cn1nc(C(F)(F)F)cc1NC(=O)C(c1ccc(C#N)c(C#N)c1)C1CCC(F)(F)C1. The van der Waals surface area contributed by atoms with Crippen molar-refractivity contribution in [2.75, 3.05) is 11.9 Å². The molecular weight excluding hydrogens is 489 g/mol. The van der Waals surface area contributed by atoms with Crippen molar-refractivity contribution in [2.45, 2.75) is 50.7 Å². The molecule has 2 atom stereocenters. The number of rotatable bonds is 7. The number of hydrogen-bond acceptors (Lipinski definition) is 6. The highest BCUT2D eigenvalue weighted by atomic mass is 19.4. The Balaban J connectivity index is 2.01. The lowest BCUT2D eigenvalue weighted by Gasteiger charge is -2.24. The Labute approximate surface area is 202 Å². The second-order valence-corrected chi connectivity index (χ2v) is 8.23. The van der Waals surface area contributed by atoms with E-state index in [1.165, 1.54) is 25.1 Å². The van der Waals surface area contributed by atoms with Crippen LogP contribution in [0.3, 0.4) is 0 Å². The minimum Gasteiger partial charge on any atom is -0.465 e. The number of benzene rings is 1. The first-order chi connectivity index (χ1) is 16.9. The molecule has 2 unspecified atom stereocenters. The Bertz CT molecular complexity index is 1240. The van der Waals surface area contributed by atoms with Gasteiger partial charge in [0, 0.05) is 18.9 Å². The lowest BCUT2D eigenvalue weighted by molar-refractivity contribution is -0.146. The highest BCUT2D eigenvalue weighted by Crippen LogP contribution is 2.46. The number of amides is 1. The molecule has 1 heterocycles. The first kappa shape index (κ1) is 26.6. The average molecular weight is 509 g/mol. The standard InChI is InChI=1S/C23H20F5N5O3/c1-2-36-19(34)12-33-18(8-17(32-33)23(26,27)28)31-21(35)20(14-5-6-22(24,25)9-14)13-3-4-15(10-29)16(7-13)11-30/h3-4,7-8,14,20H,2,5-6,9,12H2,1H3,(H,31,35). The Kier molecular flexibility index (Phi) is 7.62. The highest BCUT2D eigenvalue weighted by molar-refractivity contribution is 5.96. The molecule has 13 heteroatoms. The van der Waals surface area contributed by atoms with Crippen molar-refractivity contribution in [3.8, 4) is 12.1 Å². The molecule has 1 saturated carbocycles. The third-order valence-corrected chi connectivity index (χ3v) is 5.75. The van der Waals surface area contributed by atoms with Crippen LogP contribution in [0.2, 0.25) is 0 Å². The Hall–Kier alpha value is -4.00. The maximum Gasteiger partial charge on any atom is 0.435 e. The summed E-state index contributed by atoms with van der Waals surface area (Å²) in [4.78, 5) is 25.2. The summed E-state index contributed by atoms with van der Waals surface area (Å²) in [6.07, 6.45) is -6.07. The van der Waals surface area contributed by atoms with Crippen LogP contribution in [0.4, 0.5) is 27.8 Å². The lowest BCUT2D eigenvalue weighted by atomic mass is 9.83. The van der Waals surface area contributed by atoms with Crippen LogP contribution < -0.4 is 5.32 Å². The van der Waals surface area contributed by atoms with Gasteiger partial charge in [0.2, 0.25) is 11.8 Å². The van der Waals surface area contributed by atoms with Gasteiger partial charge in [0.1, 0.15) is 24.5 Å². The number of nitriles is 2. The van der Waals surface area contributed by atoms with Crippen LogP contribution in [0, 0.1) is 28.6 Å². The molecule has 3 rings (SSSR count). The Morgan fingerprint density at radius 2 is 1.94 bits per heavy atom. The summed E-state index contributed by atoms with van der Waals surface area (Å²) < 4.78 is 73.2. The van der Waals surface area contributed by atoms with E-state index in [9.17, 15) is 36.8 Å². The van der Waals surface area contributed by atoms with Gasteiger partial charge < -0.3 is 10.1 Å². The van der Waals surface area contributed by atoms with Gasteiger partial charge >= 0.3 is 12.1 Å². The number of carbonyl (C=O) groups is 2. The fourth-order valence-corrected chi connectivity index (χ4v) is 4.16. The normalized spacial score (nSPS) is 17.6. The first-order valence-electron chi connectivity index (χ1n) is 10.8. The number of alkyl halides is 5. The molecule has 1 fully saturated rings. The molecule has 190 valence electrons. The molecule has 1 aliphatic carbocycles. The van der Waals surface area contributed by atoms with Crippen molar-refractivity contribution in [3.05, 3.63) is 46.6 Å². The number of esters is 1. The van der Waals surface area contributed by atoms with Crippen LogP contribution in [0.1, 0.15) is 54.5 Å². The number of carbonyl (C=O) groups excluding carboxylic acids is 2. The van der Waals surface area contributed by atoms with Crippen molar-refractivity contribution in [3.63, 3.8) is 0 Å². The van der Waals surface area contributed by atoms with E-state index in [-0.39, 0.29) is 29.7 Å². The van der Waals surface area contributed by atoms with Crippen LogP contribution in [0.25, 0.3) is 0 Å². The van der Waals surface area contributed by atoms with Crippen molar-refractivity contribution in [1.82, 2.24) is 9.78 Å². The summed E-state index contributed by atoms with van der Waals surface area (Å²) >= 11 is 0. The van der Waals surface area contributed by atoms with Gasteiger partial charge in [-0.1, -0.05) is 6.07 Å². The van der Waals surface area contributed by atoms with Crippen molar-refractivity contribution >= 4 is 17.7 Å². The topological polar surface area (TPSA) is 121 Å². The Morgan fingerprint density at radius 1 is 1.25 bits per heavy atom. The minimum atomic E-state index is -4.89. The van der Waals surface area contributed by atoms with Crippen LogP contribution in [-0.4, -0.2) is 34.2 Å². The third-order valence-electron chi connectivity index (χ3n) is 5.75. The molecule has 1 aliphatic rings. The lowest BCUT2D eigenvalue weighted by Crippen LogP contribution is -2.29. The monoisotopic (exact) mass is 509 g/mol. The van der Waals surface area contributed by atoms with Crippen molar-refractivity contribution in [1.29, 1.82) is 10.5 Å². The molecule has 0 bridgehead atoms. The molecule has 0 aliphatic heterocycles. The summed E-state index contributed by atoms with van der Waals surface area (Å²) in [6, 6.07) is 7.99. The zero-order chi connectivity index (χ0) is 26.7. The van der Waals surface area contributed by atoms with E-state index in [0.29, 0.717) is 10.7 Å². The molecule has 0 radical (unpaired) electrons. The predicted octanol–water partition coefficient (Wildman–Crippen LogP) is 4.37. The number of aromatic nitrogens is 2. The van der Waals surface area contributed by atoms with E-state index >= 15 is 0 Å². The molecule has 0 saturated heterocycles. The van der Waals surface area contributed by atoms with Gasteiger partial charge in [0.25, 0.3) is 0 Å². The van der Waals surface area contributed by atoms with Crippen LogP contribution in [0.15, 0.2) is 24.3 Å². The van der Waals surface area contributed by atoms with E-state index in [0.717, 1.165) is 0 Å². The highest BCUT2D eigenvalue weighted by Gasteiger charge is 2.45. The van der Waals surface area contributed by atoms with E-state index in [1.54, 1.807) is 6.07 Å². The first-order valence-corrected chi connectivity index (χ1v) is 10.8. The number of halogens is 5. The van der Waals surface area contributed by atoms with Gasteiger partial charge in [0.05, 0.1) is 23.7 Å². The van der Waals surface area contributed by atoms with Crippen molar-refractivity contribution in [2.24, 2.45) is 5.92 Å². The summed E-state index contributed by atoms with van der Waals surface area (Å²) in [5, 5.41) is 24.1. The maximum absolute atomic E-state index is 14.0. The van der Waals surface area contributed by atoms with Gasteiger partial charge in [-0.15, -0.1) is 0 Å². The molecular formula is C23H20F5N5O3. The molecule has 1 N–H and O–H groups in total. The molecule has 1 amide bonds. The third kappa shape index (κ3) is 5.97. The summed E-state index contributed by atoms with van der Waals surface area (Å²) in [7, 11) is 0. The predicted molar refractivity (Wildman–Crippen MR) is 113 cm³/mol. The van der Waals surface area contributed by atoms with Gasteiger partial charge in [-0.2, -0.15) is 28.8 Å². The molecule has 0 spiro atoms. The van der Waals surface area contributed by atoms with E-state index < -0.39 is 66.7 Å². The van der Waals surface area contributed by atoms with E-state index in [1.807, 2.05) is 6.07 Å². The molecule has 2 aromatic rings. The van der Waals surface area contributed by atoms with Gasteiger partial charge in [-0.05, 0) is 37.0 Å². The maximum atomic E-state index is 14.0. The minimum absolute atomic E-state index is 0.0134. The fraction of sp³-hybridized carbons (Fsp3) is 0.435. The zero-order valence-corrected chi connectivity index (χ0v) is 18.9. The second-order valence-electron chi connectivity index (χ2n) is 8.23. The number of nitrogens with one attached hydrogen (secondary N) is 1. The number of ether oxygens (including phenoxy) is 1. The van der Waals surface area contributed by atoms with E-state index in [4.69, 9.17) is 10.00 Å². The fourth-order valence-electron chi connectivity index (χ4n) is 4.16. The summed E-state index contributed by atoms with van der Waals surface area (Å²) in [5.41, 5.74) is -1.29. The number of hydrogen-bond donors (Lipinski definition) is 1. The smallest absolute Gasteiger partial charge is 0.435 e. The van der Waals surface area contributed by atoms with Crippen LogP contribution >= 0.6 is 0 Å². The second kappa shape index (κ2) is 10.3. The molecule has 8 nitrogen and oxygen atoms in total. The van der Waals surface area contributed by atoms with Gasteiger partial charge in [-0.3, -0.25) is 9.59 Å². The Morgan fingerprint density at radius 3 is 2.50 bits per heavy atom. The van der Waals surface area contributed by atoms with Crippen molar-refractivity contribution < 1.29 is 36.3 Å². The molecule has 1 aromatic heterocycles. The van der Waals surface area contributed by atoms with Crippen LogP contribution in [0.5, 0.6) is 0 Å². The van der Waals surface area contributed by atoms with Crippen LogP contribution in [-0.2, 0) is 27.0 Å². The summed E-state index contributed by atoms with van der Waals surface area (Å²) in [5.74, 6) is -7.53. The number of anilines is 1. The van der Waals surface area contributed by atoms with Gasteiger partial charge in [0.15, 0.2) is 5.69 Å². The average Bonchev–Trinajstić information content (AvgIpc) is 3.36. The molecule has 1 aromatic carbocycles. The van der Waals surface area contributed by atoms with E-state index in [2.05, 4.69) is 10.4 Å². The summed E-state index contributed by atoms with van der Waals surface area (Å²) in [6.45, 7) is 0.729. The molecule has 36 heavy (non-hydrogen) atoms.